The molecule has 1 saturated heterocycles. The molecule has 0 atom stereocenters. The van der Waals surface area contributed by atoms with Crippen LogP contribution in [0.15, 0.2) is 89.3 Å². The lowest BCUT2D eigenvalue weighted by Crippen LogP contribution is -2.48. The molecule has 0 bridgehead atoms. The fourth-order valence-electron chi connectivity index (χ4n) is 5.07. The van der Waals surface area contributed by atoms with Crippen LogP contribution in [-0.4, -0.2) is 49.0 Å². The second-order valence-electron chi connectivity index (χ2n) is 9.95. The molecule has 6 nitrogen and oxygen atoms in total. The molecule has 1 aromatic heterocycles. The monoisotopic (exact) mass is 527 g/mol. The van der Waals surface area contributed by atoms with Crippen molar-refractivity contribution in [3.8, 4) is 5.75 Å². The first-order valence-electron chi connectivity index (χ1n) is 13.3. The third-order valence-electron chi connectivity index (χ3n) is 7.14. The summed E-state index contributed by atoms with van der Waals surface area (Å²) in [6, 6.07) is 26.5. The summed E-state index contributed by atoms with van der Waals surface area (Å²) in [5.41, 5.74) is 4.44. The zero-order valence-corrected chi connectivity index (χ0v) is 22.5. The van der Waals surface area contributed by atoms with Crippen molar-refractivity contribution >= 4 is 11.6 Å². The molecule has 0 aliphatic carbocycles. The molecule has 4 aromatic rings. The van der Waals surface area contributed by atoms with Gasteiger partial charge in [0.2, 0.25) is 0 Å². The largest absolute Gasteiger partial charge is 0.497 e. The van der Waals surface area contributed by atoms with E-state index in [2.05, 4.69) is 34.9 Å². The van der Waals surface area contributed by atoms with Gasteiger partial charge in [-0.1, -0.05) is 42.5 Å². The van der Waals surface area contributed by atoms with E-state index in [0.29, 0.717) is 44.2 Å². The Morgan fingerprint density at radius 2 is 1.62 bits per heavy atom. The Morgan fingerprint density at radius 3 is 2.33 bits per heavy atom. The Bertz CT molecular complexity index is 1390. The van der Waals surface area contributed by atoms with E-state index >= 15 is 0 Å². The smallest absolute Gasteiger partial charge is 0.289 e. The number of aryl methyl sites for hydroxylation is 1. The first-order chi connectivity index (χ1) is 19.0. The van der Waals surface area contributed by atoms with Crippen molar-refractivity contribution in [1.82, 2.24) is 9.80 Å². The number of para-hydroxylation sites is 1. The van der Waals surface area contributed by atoms with Crippen LogP contribution in [0.1, 0.15) is 33.0 Å². The normalized spacial score (nSPS) is 13.6. The molecule has 1 fully saturated rings. The third-order valence-corrected chi connectivity index (χ3v) is 7.14. The van der Waals surface area contributed by atoms with E-state index in [0.717, 1.165) is 30.0 Å². The van der Waals surface area contributed by atoms with Gasteiger partial charge in [-0.25, -0.2) is 4.39 Å². The number of nitrogens with zero attached hydrogens (tertiary/aromatic N) is 3. The van der Waals surface area contributed by atoms with Crippen LogP contribution in [0.3, 0.4) is 0 Å². The van der Waals surface area contributed by atoms with Gasteiger partial charge in [0, 0.05) is 45.0 Å². The summed E-state index contributed by atoms with van der Waals surface area (Å²) in [6.07, 6.45) is 0. The minimum absolute atomic E-state index is 0.0856. The van der Waals surface area contributed by atoms with Crippen molar-refractivity contribution < 1.29 is 18.3 Å². The highest BCUT2D eigenvalue weighted by Gasteiger charge is 2.25. The highest BCUT2D eigenvalue weighted by molar-refractivity contribution is 5.91. The maximum atomic E-state index is 13.9. The predicted octanol–water partition coefficient (Wildman–Crippen LogP) is 5.90. The standard InChI is InChI=1S/C32H34FN3O3/c1-24-6-3-4-9-30(24)35-16-18-36(19-17-35)32(37)31-15-14-29(39-31)23-34(22-26-7-5-8-27(33)20-26)21-25-10-12-28(38-2)13-11-25/h3-15,20H,16-19,21-23H2,1-2H3. The number of ether oxygens (including phenoxy) is 1. The van der Waals surface area contributed by atoms with Crippen LogP contribution in [0.2, 0.25) is 0 Å². The molecule has 2 heterocycles. The fourth-order valence-corrected chi connectivity index (χ4v) is 5.07. The molecule has 0 saturated carbocycles. The van der Waals surface area contributed by atoms with Gasteiger partial charge in [-0.3, -0.25) is 9.69 Å². The maximum Gasteiger partial charge on any atom is 0.289 e. The summed E-state index contributed by atoms with van der Waals surface area (Å²) in [5.74, 6) is 1.50. The van der Waals surface area contributed by atoms with Crippen LogP contribution >= 0.6 is 0 Å². The number of carbonyl (C=O) groups is 1. The second-order valence-corrected chi connectivity index (χ2v) is 9.95. The molecule has 39 heavy (non-hydrogen) atoms. The summed E-state index contributed by atoms with van der Waals surface area (Å²) in [5, 5.41) is 0. The summed E-state index contributed by atoms with van der Waals surface area (Å²) < 4.78 is 25.2. The van der Waals surface area contributed by atoms with Gasteiger partial charge in [-0.15, -0.1) is 0 Å². The van der Waals surface area contributed by atoms with E-state index in [1.807, 2.05) is 47.4 Å². The Morgan fingerprint density at radius 1 is 0.872 bits per heavy atom. The molecular formula is C32H34FN3O3. The average Bonchev–Trinajstić information content (AvgIpc) is 3.42. The van der Waals surface area contributed by atoms with Crippen LogP contribution < -0.4 is 9.64 Å². The van der Waals surface area contributed by atoms with Crippen LogP contribution in [0, 0.1) is 12.7 Å². The number of piperazine rings is 1. The van der Waals surface area contributed by atoms with Crippen LogP contribution in [0.5, 0.6) is 5.75 Å². The van der Waals surface area contributed by atoms with Crippen molar-refractivity contribution in [1.29, 1.82) is 0 Å². The molecule has 5 rings (SSSR count). The fraction of sp³-hybridized carbons (Fsp3) is 0.281. The van der Waals surface area contributed by atoms with E-state index in [1.54, 1.807) is 25.3 Å². The molecule has 7 heteroatoms. The van der Waals surface area contributed by atoms with Crippen LogP contribution in [0.4, 0.5) is 10.1 Å². The molecule has 0 spiro atoms. The topological polar surface area (TPSA) is 49.2 Å². The van der Waals surface area contributed by atoms with Gasteiger partial charge < -0.3 is 19.0 Å². The molecule has 3 aromatic carbocycles. The lowest BCUT2D eigenvalue weighted by molar-refractivity contribution is 0.0710. The minimum Gasteiger partial charge on any atom is -0.497 e. The molecular weight excluding hydrogens is 493 g/mol. The van der Waals surface area contributed by atoms with Crippen molar-refractivity contribution in [3.05, 3.63) is 119 Å². The molecule has 202 valence electrons. The van der Waals surface area contributed by atoms with Gasteiger partial charge in [-0.2, -0.15) is 0 Å². The lowest BCUT2D eigenvalue weighted by atomic mass is 10.1. The molecule has 0 unspecified atom stereocenters. The number of anilines is 1. The quantitative estimate of drug-likeness (QED) is 0.271. The van der Waals surface area contributed by atoms with Gasteiger partial charge in [0.25, 0.3) is 5.91 Å². The SMILES string of the molecule is COc1ccc(CN(Cc2cccc(F)c2)Cc2ccc(C(=O)N3CCN(c4ccccc4C)CC3)o2)cc1. The van der Waals surface area contributed by atoms with Crippen molar-refractivity contribution in [3.63, 3.8) is 0 Å². The first kappa shape index (κ1) is 26.5. The minimum atomic E-state index is -0.259. The van der Waals surface area contributed by atoms with E-state index in [9.17, 15) is 9.18 Å². The summed E-state index contributed by atoms with van der Waals surface area (Å²) in [7, 11) is 1.64. The Kier molecular flexibility index (Phi) is 8.27. The van der Waals surface area contributed by atoms with E-state index in [-0.39, 0.29) is 11.7 Å². The Hall–Kier alpha value is -4.10. The molecule has 0 N–H and O–H groups in total. The predicted molar refractivity (Wildman–Crippen MR) is 150 cm³/mol. The number of halogens is 1. The molecule has 1 aliphatic rings. The number of hydrogen-bond donors (Lipinski definition) is 0. The van der Waals surface area contributed by atoms with E-state index in [4.69, 9.17) is 9.15 Å². The highest BCUT2D eigenvalue weighted by Crippen LogP contribution is 2.23. The number of hydrogen-bond acceptors (Lipinski definition) is 5. The zero-order chi connectivity index (χ0) is 27.2. The Balaban J connectivity index is 1.24. The Labute approximate surface area is 229 Å². The van der Waals surface area contributed by atoms with Crippen LogP contribution in [0.25, 0.3) is 0 Å². The molecule has 0 radical (unpaired) electrons. The van der Waals surface area contributed by atoms with Gasteiger partial charge in [-0.05, 0) is 66.1 Å². The number of carbonyl (C=O) groups excluding carboxylic acids is 1. The van der Waals surface area contributed by atoms with Gasteiger partial charge in [0.1, 0.15) is 17.3 Å². The van der Waals surface area contributed by atoms with Gasteiger partial charge in [0.15, 0.2) is 5.76 Å². The number of furan rings is 1. The number of amides is 1. The summed E-state index contributed by atoms with van der Waals surface area (Å²) >= 11 is 0. The number of rotatable bonds is 9. The number of methoxy groups -OCH3 is 1. The van der Waals surface area contributed by atoms with Crippen molar-refractivity contribution in [2.24, 2.45) is 0 Å². The highest BCUT2D eigenvalue weighted by atomic mass is 19.1. The first-order valence-corrected chi connectivity index (χ1v) is 13.3. The average molecular weight is 528 g/mol. The van der Waals surface area contributed by atoms with Gasteiger partial charge >= 0.3 is 0 Å². The summed E-state index contributed by atoms with van der Waals surface area (Å²) in [4.78, 5) is 19.6. The van der Waals surface area contributed by atoms with Crippen LogP contribution in [-0.2, 0) is 19.6 Å². The van der Waals surface area contributed by atoms with E-state index < -0.39 is 0 Å². The summed E-state index contributed by atoms with van der Waals surface area (Å²) in [6.45, 7) is 6.62. The van der Waals surface area contributed by atoms with Crippen molar-refractivity contribution in [2.75, 3.05) is 38.2 Å². The molecule has 1 amide bonds. The third kappa shape index (κ3) is 6.67. The van der Waals surface area contributed by atoms with E-state index in [1.165, 1.54) is 17.3 Å². The zero-order valence-electron chi connectivity index (χ0n) is 22.5. The molecule has 1 aliphatic heterocycles. The number of benzene rings is 3. The van der Waals surface area contributed by atoms with Crippen molar-refractivity contribution in [2.45, 2.75) is 26.6 Å². The second kappa shape index (κ2) is 12.2. The van der Waals surface area contributed by atoms with Gasteiger partial charge in [0.05, 0.1) is 13.7 Å². The lowest BCUT2D eigenvalue weighted by Gasteiger charge is -2.36. The maximum absolute atomic E-state index is 13.9.